The zero-order valence-electron chi connectivity index (χ0n) is 14.4. The van der Waals surface area contributed by atoms with E-state index in [1.54, 1.807) is 13.0 Å². The van der Waals surface area contributed by atoms with Gasteiger partial charge in [-0.3, -0.25) is 0 Å². The molecule has 134 valence electrons. The molecule has 0 bridgehead atoms. The molecule has 6 heteroatoms. The van der Waals surface area contributed by atoms with Crippen molar-refractivity contribution >= 4 is 28.9 Å². The summed E-state index contributed by atoms with van der Waals surface area (Å²) < 4.78 is 6.21. The summed E-state index contributed by atoms with van der Waals surface area (Å²) in [4.78, 5) is 0. The molecule has 0 aromatic heterocycles. The zero-order valence-corrected chi connectivity index (χ0v) is 15.9. The number of aliphatic hydroxyl groups is 1. The summed E-state index contributed by atoms with van der Waals surface area (Å²) in [6.07, 6.45) is 2.39. The summed E-state index contributed by atoms with van der Waals surface area (Å²) in [5, 5.41) is 17.9. The third-order valence-electron chi connectivity index (χ3n) is 4.67. The summed E-state index contributed by atoms with van der Waals surface area (Å²) in [6.45, 7) is 3.52. The Morgan fingerprint density at radius 1 is 1.23 bits per heavy atom. The van der Waals surface area contributed by atoms with Gasteiger partial charge in [-0.15, -0.1) is 0 Å². The van der Waals surface area contributed by atoms with Crippen LogP contribution in [0.4, 0.5) is 0 Å². The molecule has 4 rings (SSSR count). The first kappa shape index (κ1) is 17.3. The van der Waals surface area contributed by atoms with Crippen LogP contribution in [0.5, 0.6) is 5.75 Å². The molecule has 2 heterocycles. The average molecular weight is 389 g/mol. The molecule has 2 aromatic rings. The predicted molar refractivity (Wildman–Crippen MR) is 104 cm³/mol. The lowest BCUT2D eigenvalue weighted by Crippen LogP contribution is -2.50. The minimum atomic E-state index is -0.890. The van der Waals surface area contributed by atoms with Crippen molar-refractivity contribution in [1.82, 2.24) is 5.01 Å². The number of halogens is 2. The fourth-order valence-corrected chi connectivity index (χ4v) is 3.91. The third-order valence-corrected chi connectivity index (χ3v) is 5.15. The minimum absolute atomic E-state index is 0.0243. The molecule has 0 unspecified atom stereocenters. The Labute approximate surface area is 162 Å². The smallest absolute Gasteiger partial charge is 0.218 e. The van der Waals surface area contributed by atoms with Crippen molar-refractivity contribution in [3.63, 3.8) is 0 Å². The Morgan fingerprint density at radius 3 is 2.62 bits per heavy atom. The van der Waals surface area contributed by atoms with Crippen LogP contribution in [-0.2, 0) is 0 Å². The van der Waals surface area contributed by atoms with E-state index in [9.17, 15) is 5.11 Å². The lowest BCUT2D eigenvalue weighted by molar-refractivity contribution is -0.0697. The molecular weight excluding hydrogens is 371 g/mol. The van der Waals surface area contributed by atoms with Gasteiger partial charge in [0.25, 0.3) is 0 Å². The second-order valence-electron chi connectivity index (χ2n) is 6.74. The first-order valence-electron chi connectivity index (χ1n) is 8.35. The van der Waals surface area contributed by atoms with Crippen molar-refractivity contribution in [3.8, 4) is 5.75 Å². The van der Waals surface area contributed by atoms with Gasteiger partial charge >= 0.3 is 0 Å². The molecule has 0 saturated heterocycles. The van der Waals surface area contributed by atoms with Crippen LogP contribution in [0.1, 0.15) is 37.4 Å². The van der Waals surface area contributed by atoms with Crippen molar-refractivity contribution in [2.75, 3.05) is 0 Å². The number of hydrogen-bond donors (Lipinski definition) is 1. The normalized spacial score (nSPS) is 24.6. The van der Waals surface area contributed by atoms with Gasteiger partial charge in [-0.1, -0.05) is 35.3 Å². The van der Waals surface area contributed by atoms with Crippen molar-refractivity contribution in [3.05, 3.63) is 75.5 Å². The summed E-state index contributed by atoms with van der Waals surface area (Å²) in [6, 6.07) is 13.2. The van der Waals surface area contributed by atoms with Crippen LogP contribution in [-0.4, -0.2) is 21.6 Å². The number of hydrogen-bond acceptors (Lipinski definition) is 4. The second kappa shape index (κ2) is 6.22. The maximum atomic E-state index is 9.87. The maximum absolute atomic E-state index is 9.87. The van der Waals surface area contributed by atoms with E-state index in [0.717, 1.165) is 22.6 Å². The second-order valence-corrected chi connectivity index (χ2v) is 7.62. The van der Waals surface area contributed by atoms with Crippen LogP contribution in [0.2, 0.25) is 10.0 Å². The lowest BCUT2D eigenvalue weighted by Gasteiger charge is -2.44. The summed E-state index contributed by atoms with van der Waals surface area (Å²) in [7, 11) is 0. The average Bonchev–Trinajstić information content (AvgIpc) is 3.02. The van der Waals surface area contributed by atoms with Crippen LogP contribution in [0, 0.1) is 0 Å². The van der Waals surface area contributed by atoms with Gasteiger partial charge in [0.15, 0.2) is 0 Å². The monoisotopic (exact) mass is 388 g/mol. The number of fused-ring (bicyclic) bond motifs is 3. The summed E-state index contributed by atoms with van der Waals surface area (Å²) in [5.41, 5.74) is 2.06. The highest BCUT2D eigenvalue weighted by molar-refractivity contribution is 6.31. The first-order valence-corrected chi connectivity index (χ1v) is 9.11. The zero-order chi connectivity index (χ0) is 18.5. The van der Waals surface area contributed by atoms with E-state index < -0.39 is 5.72 Å². The van der Waals surface area contributed by atoms with E-state index in [4.69, 9.17) is 33.0 Å². The van der Waals surface area contributed by atoms with Crippen molar-refractivity contribution in [2.24, 2.45) is 5.10 Å². The lowest BCUT2D eigenvalue weighted by atomic mass is 9.94. The third kappa shape index (κ3) is 2.93. The number of allylic oxidation sites excluding steroid dienone is 1. The quantitative estimate of drug-likeness (QED) is 0.669. The van der Waals surface area contributed by atoms with Crippen LogP contribution in [0.3, 0.4) is 0 Å². The van der Waals surface area contributed by atoms with Crippen molar-refractivity contribution in [1.29, 1.82) is 0 Å². The number of ether oxygens (including phenoxy) is 1. The van der Waals surface area contributed by atoms with Gasteiger partial charge in [0.05, 0.1) is 17.5 Å². The number of aliphatic hydroxyl groups excluding tert-OH is 1. The van der Waals surface area contributed by atoms with Gasteiger partial charge in [0, 0.05) is 35.0 Å². The molecule has 2 aromatic carbocycles. The Balaban J connectivity index is 1.82. The van der Waals surface area contributed by atoms with Crippen molar-refractivity contribution < 1.29 is 9.84 Å². The van der Waals surface area contributed by atoms with E-state index in [1.807, 2.05) is 54.4 Å². The van der Waals surface area contributed by atoms with E-state index in [-0.39, 0.29) is 11.8 Å². The highest BCUT2D eigenvalue weighted by Gasteiger charge is 2.46. The Morgan fingerprint density at radius 2 is 1.92 bits per heavy atom. The van der Waals surface area contributed by atoms with Crippen LogP contribution < -0.4 is 4.74 Å². The maximum Gasteiger partial charge on any atom is 0.218 e. The Bertz CT molecular complexity index is 920. The molecule has 0 fully saturated rings. The number of hydrazone groups is 1. The predicted octanol–water partition coefficient (Wildman–Crippen LogP) is 5.71. The molecule has 0 aliphatic carbocycles. The number of benzene rings is 2. The van der Waals surface area contributed by atoms with E-state index in [1.165, 1.54) is 0 Å². The van der Waals surface area contributed by atoms with Gasteiger partial charge in [-0.25, -0.2) is 5.01 Å². The molecule has 1 N–H and O–H groups in total. The number of nitrogens with zero attached hydrogens (tertiary/aromatic N) is 2. The summed E-state index contributed by atoms with van der Waals surface area (Å²) in [5.74, 6) is 0.932. The highest BCUT2D eigenvalue weighted by atomic mass is 35.5. The van der Waals surface area contributed by atoms with Gasteiger partial charge < -0.3 is 9.84 Å². The molecule has 0 radical (unpaired) electrons. The molecule has 2 aliphatic rings. The van der Waals surface area contributed by atoms with E-state index in [2.05, 4.69) is 0 Å². The SMILES string of the molecule is C/C(O)=C\[C@@]1(C)Oc2ccc(Cl)cc2[C@@H]2CC(c3ccc(Cl)cc3)=NN21. The van der Waals surface area contributed by atoms with Gasteiger partial charge in [-0.2, -0.15) is 5.10 Å². The number of rotatable bonds is 2. The van der Waals surface area contributed by atoms with Gasteiger partial charge in [-0.05, 0) is 42.8 Å². The van der Waals surface area contributed by atoms with Crippen LogP contribution in [0.15, 0.2) is 59.4 Å². The minimum Gasteiger partial charge on any atom is -0.513 e. The standard InChI is InChI=1S/C20H18Cl2N2O2/c1-12(25)11-20(2)24-18(16-9-15(22)7-8-19(16)26-20)10-17(23-24)13-3-5-14(21)6-4-13/h3-9,11,18,25H,10H2,1-2H3/b12-11+/t18-,20+/m0/s1. The molecule has 2 atom stereocenters. The molecule has 4 nitrogen and oxygen atoms in total. The fourth-order valence-electron chi connectivity index (χ4n) is 3.60. The summed E-state index contributed by atoms with van der Waals surface area (Å²) >= 11 is 12.2. The van der Waals surface area contributed by atoms with Gasteiger partial charge in [0.2, 0.25) is 5.72 Å². The largest absolute Gasteiger partial charge is 0.513 e. The fraction of sp³-hybridized carbons (Fsp3) is 0.250. The highest BCUT2D eigenvalue weighted by Crippen LogP contribution is 2.48. The molecular formula is C20H18Cl2N2O2. The van der Waals surface area contributed by atoms with Crippen molar-refractivity contribution in [2.45, 2.75) is 32.0 Å². The van der Waals surface area contributed by atoms with E-state index in [0.29, 0.717) is 16.5 Å². The Hall–Kier alpha value is -2.17. The molecule has 2 aliphatic heterocycles. The molecule has 0 amide bonds. The molecule has 0 spiro atoms. The van der Waals surface area contributed by atoms with Gasteiger partial charge in [0.1, 0.15) is 5.75 Å². The first-order chi connectivity index (χ1) is 12.4. The van der Waals surface area contributed by atoms with Crippen LogP contribution in [0.25, 0.3) is 0 Å². The van der Waals surface area contributed by atoms with Crippen LogP contribution >= 0.6 is 23.2 Å². The van der Waals surface area contributed by atoms with E-state index >= 15 is 0 Å². The molecule has 26 heavy (non-hydrogen) atoms. The molecule has 0 saturated carbocycles. The Kier molecular flexibility index (Phi) is 4.13. The topological polar surface area (TPSA) is 45.1 Å².